The van der Waals surface area contributed by atoms with Gasteiger partial charge >= 0.3 is 0 Å². The molecule has 1 N–H and O–H groups in total. The lowest BCUT2D eigenvalue weighted by Crippen LogP contribution is -2.39. The van der Waals surface area contributed by atoms with Crippen LogP contribution in [-0.4, -0.2) is 25.2 Å². The van der Waals surface area contributed by atoms with Gasteiger partial charge in [-0.05, 0) is 43.4 Å². The number of amides is 1. The van der Waals surface area contributed by atoms with Gasteiger partial charge in [0.2, 0.25) is 5.91 Å². The molecule has 0 aliphatic carbocycles. The third kappa shape index (κ3) is 4.37. The van der Waals surface area contributed by atoms with Gasteiger partial charge in [0.1, 0.15) is 6.10 Å². The van der Waals surface area contributed by atoms with Gasteiger partial charge in [-0.25, -0.2) is 0 Å². The minimum absolute atomic E-state index is 0.0233. The molecule has 1 amide bonds. The molecule has 19 heavy (non-hydrogen) atoms. The van der Waals surface area contributed by atoms with Gasteiger partial charge in [-0.15, -0.1) is 0 Å². The fourth-order valence-corrected chi connectivity index (χ4v) is 2.61. The zero-order chi connectivity index (χ0) is 13.7. The van der Waals surface area contributed by atoms with E-state index in [-0.39, 0.29) is 12.0 Å². The van der Waals surface area contributed by atoms with Crippen LogP contribution in [0, 0.1) is 0 Å². The van der Waals surface area contributed by atoms with Crippen LogP contribution in [0.4, 0.5) is 0 Å². The normalized spacial score (nSPS) is 19.2. The van der Waals surface area contributed by atoms with E-state index in [4.69, 9.17) is 27.9 Å². The Balaban J connectivity index is 1.78. The van der Waals surface area contributed by atoms with Crippen LogP contribution in [0.3, 0.4) is 0 Å². The third-order valence-electron chi connectivity index (χ3n) is 3.18. The zero-order valence-electron chi connectivity index (χ0n) is 10.6. The lowest BCUT2D eigenvalue weighted by molar-refractivity contribution is -0.135. The largest absolute Gasteiger partial charge is 0.368 e. The summed E-state index contributed by atoms with van der Waals surface area (Å²) in [5.41, 5.74) is 0.982. The Hall–Kier alpha value is -0.770. The molecule has 1 heterocycles. The first kappa shape index (κ1) is 14.6. The summed E-state index contributed by atoms with van der Waals surface area (Å²) >= 11 is 11.9. The van der Waals surface area contributed by atoms with Crippen LogP contribution in [0.15, 0.2) is 18.2 Å². The molecule has 5 heteroatoms. The van der Waals surface area contributed by atoms with Gasteiger partial charge in [0, 0.05) is 23.2 Å². The van der Waals surface area contributed by atoms with Gasteiger partial charge in [0.25, 0.3) is 0 Å². The summed E-state index contributed by atoms with van der Waals surface area (Å²) in [6.45, 7) is 1.24. The summed E-state index contributed by atoms with van der Waals surface area (Å²) in [5, 5.41) is 4.14. The molecular formula is C14H17Cl2NO2. The Bertz CT molecular complexity index is 445. The smallest absolute Gasteiger partial charge is 0.249 e. The number of benzene rings is 1. The number of ether oxygens (including phenoxy) is 1. The molecule has 0 aromatic heterocycles. The van der Waals surface area contributed by atoms with Crippen molar-refractivity contribution >= 4 is 29.1 Å². The number of carbonyl (C=O) groups is 1. The van der Waals surface area contributed by atoms with Crippen LogP contribution in [0.25, 0.3) is 0 Å². The maximum atomic E-state index is 11.8. The second-order valence-corrected chi connectivity index (χ2v) is 5.48. The topological polar surface area (TPSA) is 38.3 Å². The molecule has 1 saturated heterocycles. The summed E-state index contributed by atoms with van der Waals surface area (Å²) < 4.78 is 5.43. The molecule has 1 aliphatic rings. The summed E-state index contributed by atoms with van der Waals surface area (Å²) in [6.07, 6.45) is 3.32. The van der Waals surface area contributed by atoms with E-state index in [0.717, 1.165) is 24.8 Å². The van der Waals surface area contributed by atoms with Crippen molar-refractivity contribution in [3.8, 4) is 0 Å². The van der Waals surface area contributed by atoms with Crippen molar-refractivity contribution in [3.05, 3.63) is 33.8 Å². The van der Waals surface area contributed by atoms with Gasteiger partial charge in [-0.3, -0.25) is 4.79 Å². The summed E-state index contributed by atoms with van der Waals surface area (Å²) in [6, 6.07) is 5.40. The molecule has 1 aliphatic heterocycles. The average molecular weight is 302 g/mol. The molecule has 2 rings (SSSR count). The first-order valence-corrected chi connectivity index (χ1v) is 7.25. The molecule has 0 saturated carbocycles. The Kier molecular flexibility index (Phi) is 5.49. The van der Waals surface area contributed by atoms with Gasteiger partial charge in [0.15, 0.2) is 0 Å². The van der Waals surface area contributed by atoms with Crippen molar-refractivity contribution in [3.63, 3.8) is 0 Å². The highest BCUT2D eigenvalue weighted by Gasteiger charge is 2.21. The molecule has 1 aromatic carbocycles. The Morgan fingerprint density at radius 2 is 2.21 bits per heavy atom. The Morgan fingerprint density at radius 1 is 1.37 bits per heavy atom. The number of carbonyl (C=O) groups excluding carboxylic acids is 1. The van der Waals surface area contributed by atoms with Crippen LogP contribution in [0.2, 0.25) is 10.0 Å². The number of rotatable bonds is 4. The van der Waals surface area contributed by atoms with Crippen LogP contribution in [0.1, 0.15) is 24.8 Å². The van der Waals surface area contributed by atoms with Crippen LogP contribution in [0.5, 0.6) is 0 Å². The maximum Gasteiger partial charge on any atom is 0.249 e. The van der Waals surface area contributed by atoms with E-state index in [1.165, 1.54) is 0 Å². The maximum absolute atomic E-state index is 11.8. The van der Waals surface area contributed by atoms with Crippen LogP contribution < -0.4 is 5.32 Å². The van der Waals surface area contributed by atoms with E-state index in [9.17, 15) is 4.79 Å². The molecular weight excluding hydrogens is 285 g/mol. The molecule has 3 nitrogen and oxygen atoms in total. The van der Waals surface area contributed by atoms with E-state index in [0.29, 0.717) is 29.6 Å². The van der Waals surface area contributed by atoms with E-state index >= 15 is 0 Å². The predicted molar refractivity (Wildman–Crippen MR) is 76.8 cm³/mol. The molecule has 1 fully saturated rings. The Morgan fingerprint density at radius 3 is 2.89 bits per heavy atom. The highest BCUT2D eigenvalue weighted by atomic mass is 35.5. The fourth-order valence-electron chi connectivity index (χ4n) is 2.11. The highest BCUT2D eigenvalue weighted by molar-refractivity contribution is 6.35. The number of nitrogens with one attached hydrogen (secondary N) is 1. The summed E-state index contributed by atoms with van der Waals surface area (Å²) in [7, 11) is 0. The molecule has 1 aromatic rings. The van der Waals surface area contributed by atoms with Crippen molar-refractivity contribution in [1.29, 1.82) is 0 Å². The minimum atomic E-state index is -0.283. The summed E-state index contributed by atoms with van der Waals surface area (Å²) in [5.74, 6) is -0.0233. The zero-order valence-corrected chi connectivity index (χ0v) is 12.1. The molecule has 104 valence electrons. The van der Waals surface area contributed by atoms with Crippen LogP contribution in [-0.2, 0) is 16.0 Å². The average Bonchev–Trinajstić information content (AvgIpc) is 2.42. The van der Waals surface area contributed by atoms with Crippen LogP contribution >= 0.6 is 23.2 Å². The molecule has 1 unspecified atom stereocenters. The summed E-state index contributed by atoms with van der Waals surface area (Å²) in [4.78, 5) is 11.8. The molecule has 1 atom stereocenters. The SMILES string of the molecule is O=C(NCCc1ccc(Cl)cc1Cl)C1CCCCO1. The van der Waals surface area contributed by atoms with E-state index in [1.54, 1.807) is 12.1 Å². The predicted octanol–water partition coefficient (Wildman–Crippen LogP) is 3.22. The molecule has 0 spiro atoms. The third-order valence-corrected chi connectivity index (χ3v) is 3.77. The van der Waals surface area contributed by atoms with Crippen molar-refractivity contribution in [2.45, 2.75) is 31.8 Å². The van der Waals surface area contributed by atoms with Crippen molar-refractivity contribution in [2.75, 3.05) is 13.2 Å². The van der Waals surface area contributed by atoms with Gasteiger partial charge in [0.05, 0.1) is 0 Å². The first-order chi connectivity index (χ1) is 9.16. The second kappa shape index (κ2) is 7.13. The van der Waals surface area contributed by atoms with Gasteiger partial charge in [-0.1, -0.05) is 29.3 Å². The standard InChI is InChI=1S/C14H17Cl2NO2/c15-11-5-4-10(12(16)9-11)6-7-17-14(18)13-3-1-2-8-19-13/h4-5,9,13H,1-3,6-8H2,(H,17,18). The minimum Gasteiger partial charge on any atom is -0.368 e. The van der Waals surface area contributed by atoms with E-state index in [2.05, 4.69) is 5.32 Å². The monoisotopic (exact) mass is 301 g/mol. The lowest BCUT2D eigenvalue weighted by Gasteiger charge is -2.21. The van der Waals surface area contributed by atoms with Crippen molar-refractivity contribution in [2.24, 2.45) is 0 Å². The first-order valence-electron chi connectivity index (χ1n) is 6.50. The highest BCUT2D eigenvalue weighted by Crippen LogP contribution is 2.21. The van der Waals surface area contributed by atoms with Crippen molar-refractivity contribution < 1.29 is 9.53 Å². The second-order valence-electron chi connectivity index (χ2n) is 4.63. The molecule has 0 bridgehead atoms. The lowest BCUT2D eigenvalue weighted by atomic mass is 10.1. The van der Waals surface area contributed by atoms with E-state index in [1.807, 2.05) is 6.07 Å². The van der Waals surface area contributed by atoms with Gasteiger partial charge < -0.3 is 10.1 Å². The quantitative estimate of drug-likeness (QED) is 0.927. The molecule has 0 radical (unpaired) electrons. The number of hydrogen-bond acceptors (Lipinski definition) is 2. The van der Waals surface area contributed by atoms with E-state index < -0.39 is 0 Å². The fraction of sp³-hybridized carbons (Fsp3) is 0.500. The number of hydrogen-bond donors (Lipinski definition) is 1. The van der Waals surface area contributed by atoms with Crippen molar-refractivity contribution in [1.82, 2.24) is 5.32 Å². The van der Waals surface area contributed by atoms with Gasteiger partial charge in [-0.2, -0.15) is 0 Å². The Labute approximate surface area is 123 Å². The number of halogens is 2.